The number of nitrogens with zero attached hydrogens (tertiary/aromatic N) is 4. The lowest BCUT2D eigenvalue weighted by molar-refractivity contribution is 0.622. The van der Waals surface area contributed by atoms with Gasteiger partial charge in [-0.3, -0.25) is 9.38 Å². The van der Waals surface area contributed by atoms with Crippen LogP contribution in [-0.4, -0.2) is 30.9 Å². The molecule has 0 atom stereocenters. The Morgan fingerprint density at radius 3 is 2.84 bits per heavy atom. The third-order valence-electron chi connectivity index (χ3n) is 5.54. The molecule has 8 heteroatoms. The number of fused-ring (bicyclic) bond motifs is 2. The Labute approximate surface area is 183 Å². The zero-order valence-corrected chi connectivity index (χ0v) is 17.7. The van der Waals surface area contributed by atoms with Crippen LogP contribution in [0.5, 0.6) is 0 Å². The zero-order valence-electron chi connectivity index (χ0n) is 17.7. The topological polar surface area (TPSA) is 70.9 Å². The van der Waals surface area contributed by atoms with Gasteiger partial charge in [0.2, 0.25) is 0 Å². The molecule has 1 aromatic carbocycles. The number of H-pyrrole nitrogens is 1. The highest BCUT2D eigenvalue weighted by atomic mass is 19.1. The largest absolute Gasteiger partial charge is 0.367 e. The predicted octanol–water partition coefficient (Wildman–Crippen LogP) is 5.33. The first kappa shape index (κ1) is 20.1. The lowest BCUT2D eigenvalue weighted by Gasteiger charge is -2.12. The molecule has 4 aromatic heterocycles. The molecule has 5 rings (SSSR count). The second-order valence-corrected chi connectivity index (χ2v) is 8.05. The van der Waals surface area contributed by atoms with Crippen molar-refractivity contribution >= 4 is 22.4 Å². The molecule has 0 unspecified atom stereocenters. The molecular formula is C24H22F2N6. The summed E-state index contributed by atoms with van der Waals surface area (Å²) in [5, 5.41) is 3.95. The molecule has 0 aliphatic carbocycles. The van der Waals surface area contributed by atoms with E-state index >= 15 is 0 Å². The molecule has 0 saturated heterocycles. The number of anilines is 1. The monoisotopic (exact) mass is 432 g/mol. The zero-order chi connectivity index (χ0) is 22.2. The van der Waals surface area contributed by atoms with Crippen molar-refractivity contribution < 1.29 is 8.78 Å². The van der Waals surface area contributed by atoms with E-state index in [0.717, 1.165) is 23.0 Å². The van der Waals surface area contributed by atoms with Crippen LogP contribution in [0.4, 0.5) is 14.6 Å². The van der Waals surface area contributed by atoms with Crippen molar-refractivity contribution in [2.45, 2.75) is 26.2 Å². The Kier molecular flexibility index (Phi) is 5.05. The van der Waals surface area contributed by atoms with Gasteiger partial charge in [0.25, 0.3) is 0 Å². The molecule has 6 nitrogen and oxygen atoms in total. The highest BCUT2D eigenvalue weighted by Crippen LogP contribution is 2.26. The molecule has 0 saturated carbocycles. The van der Waals surface area contributed by atoms with Crippen molar-refractivity contribution in [2.24, 2.45) is 0 Å². The van der Waals surface area contributed by atoms with E-state index < -0.39 is 5.82 Å². The highest BCUT2D eigenvalue weighted by Gasteiger charge is 2.15. The first-order chi connectivity index (χ1) is 15.5. The Morgan fingerprint density at radius 2 is 2.03 bits per heavy atom. The smallest absolute Gasteiger partial charge is 0.180 e. The number of aromatic amines is 1. The van der Waals surface area contributed by atoms with E-state index in [9.17, 15) is 8.78 Å². The second-order valence-electron chi connectivity index (χ2n) is 8.05. The minimum atomic E-state index is -0.421. The number of pyridine rings is 1. The van der Waals surface area contributed by atoms with Crippen molar-refractivity contribution in [3.63, 3.8) is 0 Å². The third kappa shape index (κ3) is 3.57. The van der Waals surface area contributed by atoms with E-state index in [-0.39, 0.29) is 11.7 Å². The van der Waals surface area contributed by atoms with Crippen LogP contribution >= 0.6 is 0 Å². The molecule has 5 aromatic rings. The summed E-state index contributed by atoms with van der Waals surface area (Å²) in [6, 6.07) is 6.42. The van der Waals surface area contributed by atoms with Gasteiger partial charge in [0.05, 0.1) is 11.9 Å². The molecule has 0 aliphatic heterocycles. The van der Waals surface area contributed by atoms with E-state index in [0.29, 0.717) is 41.1 Å². The van der Waals surface area contributed by atoms with Gasteiger partial charge in [-0.1, -0.05) is 19.9 Å². The minimum absolute atomic E-state index is 0.241. The number of nitrogens with one attached hydrogen (secondary N) is 2. The lowest BCUT2D eigenvalue weighted by atomic mass is 10.1. The van der Waals surface area contributed by atoms with E-state index in [1.54, 1.807) is 12.3 Å². The van der Waals surface area contributed by atoms with Gasteiger partial charge < -0.3 is 10.3 Å². The summed E-state index contributed by atoms with van der Waals surface area (Å²) >= 11 is 0. The lowest BCUT2D eigenvalue weighted by Crippen LogP contribution is -2.09. The molecule has 162 valence electrons. The maximum absolute atomic E-state index is 14.3. The van der Waals surface area contributed by atoms with Crippen LogP contribution in [0.2, 0.25) is 0 Å². The molecule has 2 N–H and O–H groups in total. The van der Waals surface area contributed by atoms with Gasteiger partial charge in [-0.25, -0.2) is 18.7 Å². The third-order valence-corrected chi connectivity index (χ3v) is 5.54. The normalized spacial score (nSPS) is 11.7. The highest BCUT2D eigenvalue weighted by molar-refractivity contribution is 5.83. The Hall–Kier alpha value is -3.81. The SMILES string of the molecule is CC(C)c1cnc2c(NCCc3c[nH]c4cccc(F)c34)nc(-c3cncc(F)c3)cn12. The fourth-order valence-electron chi connectivity index (χ4n) is 3.96. The van der Waals surface area contributed by atoms with Crippen LogP contribution in [0, 0.1) is 11.6 Å². The molecule has 0 spiro atoms. The Balaban J connectivity index is 1.49. The average Bonchev–Trinajstić information content (AvgIpc) is 3.39. The molecule has 0 radical (unpaired) electrons. The first-order valence-electron chi connectivity index (χ1n) is 10.5. The van der Waals surface area contributed by atoms with Crippen LogP contribution in [-0.2, 0) is 6.42 Å². The number of hydrogen-bond acceptors (Lipinski definition) is 4. The maximum atomic E-state index is 14.3. The fraction of sp³-hybridized carbons (Fsp3) is 0.208. The summed E-state index contributed by atoms with van der Waals surface area (Å²) in [5.41, 5.74) is 4.54. The van der Waals surface area contributed by atoms with Gasteiger partial charge in [-0.15, -0.1) is 0 Å². The van der Waals surface area contributed by atoms with Crippen molar-refractivity contribution in [3.05, 3.63) is 78.1 Å². The van der Waals surface area contributed by atoms with Crippen LogP contribution in [0.1, 0.15) is 31.0 Å². The van der Waals surface area contributed by atoms with Crippen LogP contribution in [0.15, 0.2) is 55.2 Å². The number of benzene rings is 1. The van der Waals surface area contributed by atoms with E-state index in [1.807, 2.05) is 29.1 Å². The van der Waals surface area contributed by atoms with Gasteiger partial charge in [-0.2, -0.15) is 0 Å². The molecule has 32 heavy (non-hydrogen) atoms. The molecule has 0 bridgehead atoms. The molecule has 0 amide bonds. The molecule has 0 fully saturated rings. The molecule has 0 aliphatic rings. The van der Waals surface area contributed by atoms with E-state index in [2.05, 4.69) is 34.1 Å². The number of rotatable bonds is 6. The summed E-state index contributed by atoms with van der Waals surface area (Å²) in [5.74, 6) is 0.164. The standard InChI is InChI=1S/C24H22F2N6/c1-14(2)21-12-30-24-23(31-20(13-32(21)24)16-8-17(25)11-27-9-16)28-7-6-15-10-29-19-5-3-4-18(26)22(15)19/h3-5,8-14,29H,6-7H2,1-2H3,(H,28,31). The van der Waals surface area contributed by atoms with Crippen LogP contribution in [0.25, 0.3) is 27.8 Å². The average molecular weight is 432 g/mol. The maximum Gasteiger partial charge on any atom is 0.180 e. The van der Waals surface area contributed by atoms with Crippen LogP contribution < -0.4 is 5.32 Å². The number of aromatic nitrogens is 5. The fourth-order valence-corrected chi connectivity index (χ4v) is 3.96. The first-order valence-corrected chi connectivity index (χ1v) is 10.5. The number of halogens is 2. The summed E-state index contributed by atoms with van der Waals surface area (Å²) in [6.07, 6.45) is 8.86. The van der Waals surface area contributed by atoms with Gasteiger partial charge in [-0.05, 0) is 36.1 Å². The summed E-state index contributed by atoms with van der Waals surface area (Å²) in [7, 11) is 0. The number of hydrogen-bond donors (Lipinski definition) is 2. The van der Waals surface area contributed by atoms with E-state index in [4.69, 9.17) is 4.98 Å². The summed E-state index contributed by atoms with van der Waals surface area (Å²) in [6.45, 7) is 4.70. The molecule has 4 heterocycles. The predicted molar refractivity (Wildman–Crippen MR) is 121 cm³/mol. The van der Waals surface area contributed by atoms with Gasteiger partial charge in [0, 0.05) is 53.5 Å². The van der Waals surface area contributed by atoms with Gasteiger partial charge in [0.15, 0.2) is 11.5 Å². The quantitative estimate of drug-likeness (QED) is 0.381. The number of imidazole rings is 1. The van der Waals surface area contributed by atoms with E-state index in [1.165, 1.54) is 12.1 Å². The van der Waals surface area contributed by atoms with Crippen molar-refractivity contribution in [1.29, 1.82) is 0 Å². The van der Waals surface area contributed by atoms with Gasteiger partial charge in [0.1, 0.15) is 11.6 Å². The summed E-state index contributed by atoms with van der Waals surface area (Å²) in [4.78, 5) is 16.3. The Morgan fingerprint density at radius 1 is 1.16 bits per heavy atom. The Bertz CT molecular complexity index is 1420. The van der Waals surface area contributed by atoms with Crippen molar-refractivity contribution in [1.82, 2.24) is 24.3 Å². The minimum Gasteiger partial charge on any atom is -0.367 e. The second kappa shape index (κ2) is 8.03. The summed E-state index contributed by atoms with van der Waals surface area (Å²) < 4.78 is 30.0. The van der Waals surface area contributed by atoms with Gasteiger partial charge >= 0.3 is 0 Å². The molecular weight excluding hydrogens is 410 g/mol. The van der Waals surface area contributed by atoms with Crippen molar-refractivity contribution in [2.75, 3.05) is 11.9 Å². The van der Waals surface area contributed by atoms with Crippen molar-refractivity contribution in [3.8, 4) is 11.3 Å². The van der Waals surface area contributed by atoms with Crippen LogP contribution in [0.3, 0.4) is 0 Å².